The minimum absolute atomic E-state index is 0.541. The van der Waals surface area contributed by atoms with E-state index in [0.29, 0.717) is 12.1 Å². The molecule has 0 radical (unpaired) electrons. The van der Waals surface area contributed by atoms with Gasteiger partial charge in [-0.3, -0.25) is 0 Å². The molecule has 1 aliphatic rings. The Bertz CT molecular complexity index is 67.7. The molecule has 2 atom stereocenters. The zero-order chi connectivity index (χ0) is 7.98. The van der Waals surface area contributed by atoms with E-state index in [9.17, 15) is 0 Å². The molecule has 1 fully saturated rings. The lowest BCUT2D eigenvalue weighted by Gasteiger charge is -2.25. The summed E-state index contributed by atoms with van der Waals surface area (Å²) in [5, 5.41) is 3.35. The van der Waals surface area contributed by atoms with Crippen LogP contribution in [0.2, 0.25) is 0 Å². The molecule has 1 aliphatic heterocycles. The summed E-state index contributed by atoms with van der Waals surface area (Å²) in [6.07, 6.45) is 0. The minimum atomic E-state index is 0.541. The molecule has 0 aromatic heterocycles. The van der Waals surface area contributed by atoms with Crippen molar-refractivity contribution < 1.29 is 4.74 Å². The molecule has 0 unspecified atom stereocenters. The topological polar surface area (TPSA) is 21.3 Å². The van der Waals surface area contributed by atoms with Crippen LogP contribution < -0.4 is 5.32 Å². The normalized spacial score (nSPS) is 32.4. The first-order valence-corrected chi connectivity index (χ1v) is 4.13. The number of morpholine rings is 1. The fraction of sp³-hybridized carbons (Fsp3) is 1.00. The van der Waals surface area contributed by atoms with Gasteiger partial charge in [0.2, 0.25) is 0 Å². The van der Waals surface area contributed by atoms with Gasteiger partial charge in [-0.15, -0.1) is 0 Å². The van der Waals surface area contributed by atoms with Gasteiger partial charge in [-0.1, -0.05) is 13.8 Å². The molecule has 2 heteroatoms. The van der Waals surface area contributed by atoms with Crippen LogP contribution >= 0.6 is 0 Å². The van der Waals surface area contributed by atoms with E-state index >= 15 is 0 Å². The third kappa shape index (κ3) is 3.85. The standard InChI is InChI=1S/C6H13NO.C2H6/c1-5-3-8-4-6(2)7-5;1-2/h5-7H,3-4H2,1-2H3;1-2H3/t5-,6-;/m1./s1. The van der Waals surface area contributed by atoms with Crippen LogP contribution in [0.1, 0.15) is 27.7 Å². The van der Waals surface area contributed by atoms with Crippen molar-refractivity contribution in [1.82, 2.24) is 5.32 Å². The molecule has 1 saturated heterocycles. The van der Waals surface area contributed by atoms with Crippen LogP contribution in [0.25, 0.3) is 0 Å². The van der Waals surface area contributed by atoms with E-state index in [4.69, 9.17) is 4.74 Å². The second kappa shape index (κ2) is 5.69. The number of ether oxygens (including phenoxy) is 1. The highest BCUT2D eigenvalue weighted by atomic mass is 16.5. The molecule has 2 nitrogen and oxygen atoms in total. The quantitative estimate of drug-likeness (QED) is 0.556. The second-order valence-electron chi connectivity index (χ2n) is 2.51. The highest BCUT2D eigenvalue weighted by Crippen LogP contribution is 1.96. The van der Waals surface area contributed by atoms with E-state index in [1.54, 1.807) is 0 Å². The van der Waals surface area contributed by atoms with Crippen molar-refractivity contribution in [1.29, 1.82) is 0 Å². The molecular weight excluding hydrogens is 126 g/mol. The molecule has 0 aromatic rings. The van der Waals surface area contributed by atoms with Crippen molar-refractivity contribution in [3.8, 4) is 0 Å². The first kappa shape index (κ1) is 9.92. The van der Waals surface area contributed by atoms with Crippen LogP contribution in [0.3, 0.4) is 0 Å². The molecule has 0 amide bonds. The van der Waals surface area contributed by atoms with E-state index in [-0.39, 0.29) is 0 Å². The first-order chi connectivity index (χ1) is 4.79. The maximum atomic E-state index is 5.23. The zero-order valence-electron chi connectivity index (χ0n) is 7.48. The Morgan fingerprint density at radius 3 is 1.70 bits per heavy atom. The highest BCUT2D eigenvalue weighted by Gasteiger charge is 2.12. The van der Waals surface area contributed by atoms with Crippen molar-refractivity contribution in [2.45, 2.75) is 39.8 Å². The van der Waals surface area contributed by atoms with Gasteiger partial charge in [-0.25, -0.2) is 0 Å². The zero-order valence-corrected chi connectivity index (χ0v) is 7.48. The lowest BCUT2D eigenvalue weighted by Crippen LogP contribution is -2.45. The molecule has 0 aliphatic carbocycles. The van der Waals surface area contributed by atoms with Gasteiger partial charge in [-0.05, 0) is 13.8 Å². The highest BCUT2D eigenvalue weighted by molar-refractivity contribution is 4.70. The van der Waals surface area contributed by atoms with Gasteiger partial charge in [0.05, 0.1) is 13.2 Å². The van der Waals surface area contributed by atoms with E-state index in [1.807, 2.05) is 13.8 Å². The lowest BCUT2D eigenvalue weighted by atomic mass is 10.2. The third-order valence-electron chi connectivity index (χ3n) is 1.30. The largest absolute Gasteiger partial charge is 0.378 e. The lowest BCUT2D eigenvalue weighted by molar-refractivity contribution is 0.0560. The average Bonchev–Trinajstić information content (AvgIpc) is 1.91. The Morgan fingerprint density at radius 1 is 1.10 bits per heavy atom. The van der Waals surface area contributed by atoms with Crippen LogP contribution in [0.15, 0.2) is 0 Å². The fourth-order valence-electron chi connectivity index (χ4n) is 1.00. The summed E-state index contributed by atoms with van der Waals surface area (Å²) in [6, 6.07) is 1.08. The Hall–Kier alpha value is -0.0800. The Kier molecular flexibility index (Phi) is 5.64. The minimum Gasteiger partial charge on any atom is -0.378 e. The fourth-order valence-corrected chi connectivity index (χ4v) is 1.00. The van der Waals surface area contributed by atoms with E-state index in [1.165, 1.54) is 0 Å². The molecule has 62 valence electrons. The van der Waals surface area contributed by atoms with Crippen LogP contribution in [0.5, 0.6) is 0 Å². The van der Waals surface area contributed by atoms with Gasteiger partial charge in [0, 0.05) is 12.1 Å². The average molecular weight is 145 g/mol. The predicted octanol–water partition coefficient (Wildman–Crippen LogP) is 1.41. The van der Waals surface area contributed by atoms with Gasteiger partial charge in [0.25, 0.3) is 0 Å². The van der Waals surface area contributed by atoms with Crippen LogP contribution in [-0.2, 0) is 4.74 Å². The number of nitrogens with one attached hydrogen (secondary N) is 1. The summed E-state index contributed by atoms with van der Waals surface area (Å²) >= 11 is 0. The molecular formula is C8H19NO. The molecule has 0 spiro atoms. The maximum absolute atomic E-state index is 5.23. The Morgan fingerprint density at radius 2 is 1.50 bits per heavy atom. The van der Waals surface area contributed by atoms with Gasteiger partial charge in [0.15, 0.2) is 0 Å². The van der Waals surface area contributed by atoms with Gasteiger partial charge in [-0.2, -0.15) is 0 Å². The summed E-state index contributed by atoms with van der Waals surface area (Å²) < 4.78 is 5.23. The van der Waals surface area contributed by atoms with Crippen molar-refractivity contribution in [3.63, 3.8) is 0 Å². The third-order valence-corrected chi connectivity index (χ3v) is 1.30. The first-order valence-electron chi connectivity index (χ1n) is 4.13. The molecule has 1 N–H and O–H groups in total. The smallest absolute Gasteiger partial charge is 0.0617 e. The number of rotatable bonds is 0. The van der Waals surface area contributed by atoms with Gasteiger partial charge >= 0.3 is 0 Å². The summed E-state index contributed by atoms with van der Waals surface area (Å²) in [7, 11) is 0. The molecule has 10 heavy (non-hydrogen) atoms. The SMILES string of the molecule is CC.C[C@@H]1COC[C@@H](C)N1. The number of hydrogen-bond acceptors (Lipinski definition) is 2. The Balaban J connectivity index is 0.000000371. The van der Waals surface area contributed by atoms with E-state index in [0.717, 1.165) is 13.2 Å². The van der Waals surface area contributed by atoms with Crippen molar-refractivity contribution in [2.24, 2.45) is 0 Å². The monoisotopic (exact) mass is 145 g/mol. The molecule has 0 saturated carbocycles. The second-order valence-corrected chi connectivity index (χ2v) is 2.51. The number of hydrogen-bond donors (Lipinski definition) is 1. The van der Waals surface area contributed by atoms with Crippen LogP contribution in [0, 0.1) is 0 Å². The summed E-state index contributed by atoms with van der Waals surface area (Å²) in [5.74, 6) is 0. The van der Waals surface area contributed by atoms with Crippen molar-refractivity contribution in [2.75, 3.05) is 13.2 Å². The van der Waals surface area contributed by atoms with Crippen molar-refractivity contribution >= 4 is 0 Å². The maximum Gasteiger partial charge on any atom is 0.0617 e. The van der Waals surface area contributed by atoms with E-state index < -0.39 is 0 Å². The molecule has 0 aromatic carbocycles. The molecule has 0 bridgehead atoms. The van der Waals surface area contributed by atoms with Gasteiger partial charge in [0.1, 0.15) is 0 Å². The van der Waals surface area contributed by atoms with Crippen molar-refractivity contribution in [3.05, 3.63) is 0 Å². The Labute approximate surface area is 64.0 Å². The summed E-state index contributed by atoms with van der Waals surface area (Å²) in [5.41, 5.74) is 0. The van der Waals surface area contributed by atoms with Crippen LogP contribution in [-0.4, -0.2) is 25.3 Å². The van der Waals surface area contributed by atoms with Crippen LogP contribution in [0.4, 0.5) is 0 Å². The summed E-state index contributed by atoms with van der Waals surface area (Å²) in [6.45, 7) is 10.0. The predicted molar refractivity (Wildman–Crippen MR) is 44.2 cm³/mol. The molecule has 1 rings (SSSR count). The molecule has 1 heterocycles. The summed E-state index contributed by atoms with van der Waals surface area (Å²) in [4.78, 5) is 0. The van der Waals surface area contributed by atoms with E-state index in [2.05, 4.69) is 19.2 Å². The van der Waals surface area contributed by atoms with Gasteiger partial charge < -0.3 is 10.1 Å².